The minimum Gasteiger partial charge on any atom is -0.383 e. The van der Waals surface area contributed by atoms with Gasteiger partial charge in [-0.15, -0.1) is 0 Å². The van der Waals surface area contributed by atoms with E-state index in [9.17, 15) is 9.59 Å². The summed E-state index contributed by atoms with van der Waals surface area (Å²) in [4.78, 5) is 28.4. The van der Waals surface area contributed by atoms with Crippen LogP contribution in [0.25, 0.3) is 0 Å². The topological polar surface area (TPSA) is 66.8 Å². The Morgan fingerprint density at radius 2 is 2.04 bits per heavy atom. The Bertz CT molecular complexity index is 542. The second-order valence-electron chi connectivity index (χ2n) is 6.53. The molecular formula is C18H32N4O3. The summed E-state index contributed by atoms with van der Waals surface area (Å²) < 4.78 is 7.12. The molecule has 1 aromatic heterocycles. The molecule has 0 saturated carbocycles. The lowest BCUT2D eigenvalue weighted by Crippen LogP contribution is -2.48. The summed E-state index contributed by atoms with van der Waals surface area (Å²) in [6.07, 6.45) is 1.95. The maximum Gasteiger partial charge on any atom is 0.317 e. The summed E-state index contributed by atoms with van der Waals surface area (Å²) in [5.74, 6) is 0.209. The van der Waals surface area contributed by atoms with Gasteiger partial charge < -0.3 is 24.4 Å². The Morgan fingerprint density at radius 3 is 2.56 bits per heavy atom. The van der Waals surface area contributed by atoms with E-state index in [0.717, 1.165) is 5.69 Å². The number of carbonyl (C=O) groups excluding carboxylic acids is 2. The number of methoxy groups -OCH3 is 1. The molecule has 0 unspecified atom stereocenters. The molecule has 0 aliphatic carbocycles. The standard InChI is InChI=1S/C18H32N4O3/c1-6-19-18(24)22(12-15(2)3)14-17(23)21(10-11-25-5)13-16-8-7-9-20(16)4/h7-9,15H,6,10-14H2,1-5H3,(H,19,24). The SMILES string of the molecule is CCNC(=O)N(CC(=O)N(CCOC)Cc1cccn1C)CC(C)C. The molecule has 0 saturated heterocycles. The summed E-state index contributed by atoms with van der Waals surface area (Å²) in [6, 6.07) is 3.74. The molecule has 0 aliphatic heterocycles. The summed E-state index contributed by atoms with van der Waals surface area (Å²) in [6.45, 7) is 8.53. The number of carbonyl (C=O) groups is 2. The van der Waals surface area contributed by atoms with Gasteiger partial charge in [-0.1, -0.05) is 13.8 Å². The number of urea groups is 1. The van der Waals surface area contributed by atoms with Crippen LogP contribution in [0.4, 0.5) is 4.79 Å². The van der Waals surface area contributed by atoms with Gasteiger partial charge in [0.2, 0.25) is 5.91 Å². The molecule has 0 fully saturated rings. The quantitative estimate of drug-likeness (QED) is 0.697. The molecule has 142 valence electrons. The Labute approximate surface area is 150 Å². The molecule has 0 bridgehead atoms. The first-order valence-electron chi connectivity index (χ1n) is 8.78. The number of nitrogens with one attached hydrogen (secondary N) is 1. The minimum absolute atomic E-state index is 0.0676. The summed E-state index contributed by atoms with van der Waals surface area (Å²) >= 11 is 0. The minimum atomic E-state index is -0.199. The van der Waals surface area contributed by atoms with Crippen LogP contribution >= 0.6 is 0 Å². The van der Waals surface area contributed by atoms with Gasteiger partial charge in [0, 0.05) is 45.7 Å². The lowest BCUT2D eigenvalue weighted by molar-refractivity contribution is -0.133. The van der Waals surface area contributed by atoms with E-state index in [2.05, 4.69) is 5.32 Å². The largest absolute Gasteiger partial charge is 0.383 e. The molecule has 0 radical (unpaired) electrons. The van der Waals surface area contributed by atoms with Crippen molar-refractivity contribution in [3.05, 3.63) is 24.0 Å². The Kier molecular flexibility index (Phi) is 9.05. The molecule has 3 amide bonds. The predicted molar refractivity (Wildman–Crippen MR) is 98.2 cm³/mol. The number of aromatic nitrogens is 1. The maximum atomic E-state index is 12.8. The Morgan fingerprint density at radius 1 is 1.32 bits per heavy atom. The normalized spacial score (nSPS) is 10.8. The monoisotopic (exact) mass is 352 g/mol. The molecule has 0 aromatic carbocycles. The molecule has 7 heteroatoms. The van der Waals surface area contributed by atoms with Crippen molar-refractivity contribution in [3.63, 3.8) is 0 Å². The molecule has 0 spiro atoms. The second kappa shape index (κ2) is 10.8. The van der Waals surface area contributed by atoms with Crippen LogP contribution < -0.4 is 5.32 Å². The fourth-order valence-electron chi connectivity index (χ4n) is 2.54. The average molecular weight is 352 g/mol. The van der Waals surface area contributed by atoms with E-state index in [-0.39, 0.29) is 24.4 Å². The van der Waals surface area contributed by atoms with Gasteiger partial charge in [0.25, 0.3) is 0 Å². The highest BCUT2D eigenvalue weighted by Gasteiger charge is 2.22. The van der Waals surface area contributed by atoms with Crippen molar-refractivity contribution >= 4 is 11.9 Å². The second-order valence-corrected chi connectivity index (χ2v) is 6.53. The van der Waals surface area contributed by atoms with Crippen LogP contribution in [0.5, 0.6) is 0 Å². The van der Waals surface area contributed by atoms with Crippen LogP contribution in [0, 0.1) is 5.92 Å². The molecular weight excluding hydrogens is 320 g/mol. The van der Waals surface area contributed by atoms with Crippen LogP contribution in [0.3, 0.4) is 0 Å². The van der Waals surface area contributed by atoms with Gasteiger partial charge in [-0.05, 0) is 25.0 Å². The summed E-state index contributed by atoms with van der Waals surface area (Å²) in [7, 11) is 3.57. The van der Waals surface area contributed by atoms with E-state index in [1.54, 1.807) is 16.9 Å². The molecule has 1 heterocycles. The Hall–Kier alpha value is -2.02. The van der Waals surface area contributed by atoms with Crippen molar-refractivity contribution in [3.8, 4) is 0 Å². The fourth-order valence-corrected chi connectivity index (χ4v) is 2.54. The number of hydrogen-bond donors (Lipinski definition) is 1. The molecule has 1 N–H and O–H groups in total. The van der Waals surface area contributed by atoms with Crippen molar-refractivity contribution in [2.75, 3.05) is 39.9 Å². The number of rotatable bonds is 10. The van der Waals surface area contributed by atoms with Crippen molar-refractivity contribution in [2.24, 2.45) is 13.0 Å². The molecule has 0 atom stereocenters. The third-order valence-electron chi connectivity index (χ3n) is 3.85. The number of hydrogen-bond acceptors (Lipinski definition) is 3. The molecule has 0 aliphatic rings. The van der Waals surface area contributed by atoms with Crippen LogP contribution in [0.2, 0.25) is 0 Å². The third kappa shape index (κ3) is 7.17. The van der Waals surface area contributed by atoms with Crippen molar-refractivity contribution < 1.29 is 14.3 Å². The van der Waals surface area contributed by atoms with Gasteiger partial charge in [-0.25, -0.2) is 4.79 Å². The van der Waals surface area contributed by atoms with Gasteiger partial charge >= 0.3 is 6.03 Å². The first kappa shape index (κ1) is 21.0. The van der Waals surface area contributed by atoms with Crippen molar-refractivity contribution in [1.29, 1.82) is 0 Å². The van der Waals surface area contributed by atoms with Crippen molar-refractivity contribution in [1.82, 2.24) is 19.7 Å². The van der Waals surface area contributed by atoms with Gasteiger partial charge in [0.15, 0.2) is 0 Å². The highest BCUT2D eigenvalue weighted by molar-refractivity contribution is 5.84. The summed E-state index contributed by atoms with van der Waals surface area (Å²) in [5.41, 5.74) is 1.04. The highest BCUT2D eigenvalue weighted by atomic mass is 16.5. The van der Waals surface area contributed by atoms with E-state index in [0.29, 0.717) is 32.8 Å². The van der Waals surface area contributed by atoms with Gasteiger partial charge in [0.1, 0.15) is 6.54 Å². The molecule has 1 aromatic rings. The van der Waals surface area contributed by atoms with Gasteiger partial charge in [-0.2, -0.15) is 0 Å². The number of aryl methyl sites for hydroxylation is 1. The van der Waals surface area contributed by atoms with E-state index in [1.165, 1.54) is 0 Å². The maximum absolute atomic E-state index is 12.8. The molecule has 7 nitrogen and oxygen atoms in total. The molecule has 25 heavy (non-hydrogen) atoms. The number of nitrogens with zero attached hydrogens (tertiary/aromatic N) is 3. The van der Waals surface area contributed by atoms with E-state index in [4.69, 9.17) is 4.74 Å². The smallest absolute Gasteiger partial charge is 0.317 e. The van der Waals surface area contributed by atoms with Crippen LogP contribution in [-0.2, 0) is 23.1 Å². The Balaban J connectivity index is 2.82. The van der Waals surface area contributed by atoms with Crippen LogP contribution in [0.1, 0.15) is 26.5 Å². The number of ether oxygens (including phenoxy) is 1. The fraction of sp³-hybridized carbons (Fsp3) is 0.667. The highest BCUT2D eigenvalue weighted by Crippen LogP contribution is 2.07. The summed E-state index contributed by atoms with van der Waals surface area (Å²) in [5, 5.41) is 2.78. The molecule has 1 rings (SSSR count). The zero-order valence-electron chi connectivity index (χ0n) is 16.1. The van der Waals surface area contributed by atoms with Gasteiger partial charge in [0.05, 0.1) is 13.2 Å². The number of amides is 3. The lowest BCUT2D eigenvalue weighted by Gasteiger charge is -2.28. The zero-order valence-corrected chi connectivity index (χ0v) is 16.1. The van der Waals surface area contributed by atoms with Crippen LogP contribution in [-0.4, -0.2) is 66.2 Å². The zero-order chi connectivity index (χ0) is 18.8. The first-order valence-corrected chi connectivity index (χ1v) is 8.78. The average Bonchev–Trinajstić information content (AvgIpc) is 2.95. The third-order valence-corrected chi connectivity index (χ3v) is 3.85. The van der Waals surface area contributed by atoms with E-state index < -0.39 is 0 Å². The van der Waals surface area contributed by atoms with Crippen molar-refractivity contribution in [2.45, 2.75) is 27.3 Å². The lowest BCUT2D eigenvalue weighted by atomic mass is 10.2. The van der Waals surface area contributed by atoms with Crippen LogP contribution in [0.15, 0.2) is 18.3 Å². The van der Waals surface area contributed by atoms with Gasteiger partial charge in [-0.3, -0.25) is 4.79 Å². The van der Waals surface area contributed by atoms with E-state index >= 15 is 0 Å². The first-order chi connectivity index (χ1) is 11.9. The van der Waals surface area contributed by atoms with E-state index in [1.807, 2.05) is 50.7 Å². The predicted octanol–water partition coefficient (Wildman–Crippen LogP) is 1.69.